The van der Waals surface area contributed by atoms with Crippen LogP contribution in [0.3, 0.4) is 0 Å². The number of nitrogen functional groups attached to an aromatic ring is 1. The highest BCUT2D eigenvalue weighted by molar-refractivity contribution is 7.22. The van der Waals surface area contributed by atoms with Gasteiger partial charge in [0.1, 0.15) is 11.4 Å². The van der Waals surface area contributed by atoms with Crippen LogP contribution < -0.4 is 11.2 Å². The van der Waals surface area contributed by atoms with E-state index in [0.29, 0.717) is 21.6 Å². The van der Waals surface area contributed by atoms with Gasteiger partial charge in [-0.3, -0.25) is 9.79 Å². The number of para-hydroxylation sites is 2. The molecule has 0 saturated carbocycles. The maximum Gasteiger partial charge on any atom is 0.198 e. The zero-order chi connectivity index (χ0) is 14.8. The molecule has 0 bridgehead atoms. The van der Waals surface area contributed by atoms with Gasteiger partial charge in [0.2, 0.25) is 0 Å². The fourth-order valence-electron chi connectivity index (χ4n) is 2.00. The summed E-state index contributed by atoms with van der Waals surface area (Å²) >= 11 is 1.35. The second-order valence-corrected chi connectivity index (χ2v) is 5.54. The van der Waals surface area contributed by atoms with Crippen LogP contribution in [-0.2, 0) is 0 Å². The molecule has 0 saturated heterocycles. The molecule has 2 aromatic carbocycles. The number of nitrogens with two attached hydrogens (primary N) is 1. The number of aliphatic imine (C=N–C) groups is 1. The topological polar surface area (TPSA) is 75.7 Å². The van der Waals surface area contributed by atoms with Gasteiger partial charge >= 0.3 is 0 Å². The summed E-state index contributed by atoms with van der Waals surface area (Å²) in [5, 5.41) is 10.7. The van der Waals surface area contributed by atoms with Crippen molar-refractivity contribution >= 4 is 38.3 Å². The Labute approximate surface area is 124 Å². The summed E-state index contributed by atoms with van der Waals surface area (Å²) in [6.07, 6.45) is 1.41. The normalized spacial score (nSPS) is 11.2. The van der Waals surface area contributed by atoms with Crippen LogP contribution in [0.4, 0.5) is 10.7 Å². The number of benzene rings is 2. The first-order chi connectivity index (χ1) is 10.2. The van der Waals surface area contributed by atoms with Crippen LogP contribution in [0, 0.1) is 0 Å². The molecule has 3 aromatic rings. The standard InChI is InChI=1S/C16H12N2O2S/c17-16-11(9-18-12-6-2-3-7-13(12)19)15(20)10-5-1-4-8-14(10)21-16/h1-9,19H,17H2. The van der Waals surface area contributed by atoms with Gasteiger partial charge in [0.15, 0.2) is 5.43 Å². The minimum atomic E-state index is -0.152. The molecule has 4 nitrogen and oxygen atoms in total. The summed E-state index contributed by atoms with van der Waals surface area (Å²) in [4.78, 5) is 16.6. The first-order valence-electron chi connectivity index (χ1n) is 6.30. The van der Waals surface area contributed by atoms with E-state index in [-0.39, 0.29) is 11.2 Å². The number of hydrogen-bond acceptors (Lipinski definition) is 5. The molecule has 0 spiro atoms. The fraction of sp³-hybridized carbons (Fsp3) is 0. The zero-order valence-corrected chi connectivity index (χ0v) is 11.8. The third-order valence-corrected chi connectivity index (χ3v) is 4.09. The summed E-state index contributed by atoms with van der Waals surface area (Å²) in [6, 6.07) is 14.0. The lowest BCUT2D eigenvalue weighted by atomic mass is 10.2. The lowest BCUT2D eigenvalue weighted by molar-refractivity contribution is 0.477. The Morgan fingerprint density at radius 1 is 1.10 bits per heavy atom. The largest absolute Gasteiger partial charge is 0.506 e. The molecule has 0 aliphatic heterocycles. The number of phenols is 1. The number of rotatable bonds is 2. The lowest BCUT2D eigenvalue weighted by Gasteiger charge is -2.02. The Balaban J connectivity index is 2.13. The van der Waals surface area contributed by atoms with E-state index in [4.69, 9.17) is 5.73 Å². The van der Waals surface area contributed by atoms with Crippen LogP contribution in [0.15, 0.2) is 58.3 Å². The molecule has 104 valence electrons. The van der Waals surface area contributed by atoms with Gasteiger partial charge in [-0.1, -0.05) is 24.3 Å². The molecular weight excluding hydrogens is 284 g/mol. The van der Waals surface area contributed by atoms with Crippen molar-refractivity contribution in [1.29, 1.82) is 0 Å². The molecule has 3 N–H and O–H groups in total. The van der Waals surface area contributed by atoms with E-state index in [9.17, 15) is 9.90 Å². The Bertz CT molecular complexity index is 900. The molecule has 0 radical (unpaired) electrons. The Morgan fingerprint density at radius 3 is 2.62 bits per heavy atom. The van der Waals surface area contributed by atoms with Crippen LogP contribution >= 0.6 is 11.3 Å². The monoisotopic (exact) mass is 296 g/mol. The van der Waals surface area contributed by atoms with Crippen molar-refractivity contribution < 1.29 is 5.11 Å². The van der Waals surface area contributed by atoms with E-state index in [1.165, 1.54) is 23.6 Å². The van der Waals surface area contributed by atoms with Gasteiger partial charge < -0.3 is 10.8 Å². The number of aromatic hydroxyl groups is 1. The summed E-state index contributed by atoms with van der Waals surface area (Å²) < 4.78 is 0.847. The van der Waals surface area contributed by atoms with E-state index < -0.39 is 0 Å². The molecule has 0 fully saturated rings. The van der Waals surface area contributed by atoms with Crippen molar-refractivity contribution in [2.75, 3.05) is 5.73 Å². The Hall–Kier alpha value is -2.66. The third kappa shape index (κ3) is 2.51. The van der Waals surface area contributed by atoms with Gasteiger partial charge in [0, 0.05) is 16.3 Å². The predicted octanol–water partition coefficient (Wildman–Crippen LogP) is 3.30. The molecule has 5 heteroatoms. The van der Waals surface area contributed by atoms with E-state index in [0.717, 1.165) is 4.70 Å². The molecule has 0 unspecified atom stereocenters. The van der Waals surface area contributed by atoms with Crippen molar-refractivity contribution in [3.63, 3.8) is 0 Å². The van der Waals surface area contributed by atoms with E-state index in [1.807, 2.05) is 18.2 Å². The third-order valence-electron chi connectivity index (χ3n) is 3.08. The number of nitrogens with zero attached hydrogens (tertiary/aromatic N) is 1. The van der Waals surface area contributed by atoms with Crippen LogP contribution in [0.5, 0.6) is 5.75 Å². The number of anilines is 1. The number of phenolic OH excluding ortho intramolecular Hbond substituents is 1. The smallest absolute Gasteiger partial charge is 0.198 e. The SMILES string of the molecule is Nc1sc2ccccc2c(=O)c1C=Nc1ccccc1O. The van der Waals surface area contributed by atoms with Crippen LogP contribution in [0.2, 0.25) is 0 Å². The number of fused-ring (bicyclic) bond motifs is 1. The Morgan fingerprint density at radius 2 is 1.81 bits per heavy atom. The van der Waals surface area contributed by atoms with Gasteiger partial charge in [-0.2, -0.15) is 0 Å². The van der Waals surface area contributed by atoms with Gasteiger partial charge in [0.25, 0.3) is 0 Å². The average Bonchev–Trinajstić information content (AvgIpc) is 2.49. The molecule has 1 aromatic heterocycles. The minimum Gasteiger partial charge on any atom is -0.506 e. The fourth-order valence-corrected chi connectivity index (χ4v) is 2.91. The molecule has 0 aliphatic carbocycles. The van der Waals surface area contributed by atoms with Crippen molar-refractivity contribution in [2.24, 2.45) is 4.99 Å². The van der Waals surface area contributed by atoms with Crippen molar-refractivity contribution in [3.05, 3.63) is 64.3 Å². The molecule has 3 rings (SSSR count). The second-order valence-electron chi connectivity index (χ2n) is 4.45. The quantitative estimate of drug-likeness (QED) is 0.712. The lowest BCUT2D eigenvalue weighted by Crippen LogP contribution is -2.10. The summed E-state index contributed by atoms with van der Waals surface area (Å²) in [5.74, 6) is 0.0595. The van der Waals surface area contributed by atoms with Crippen LogP contribution in [-0.4, -0.2) is 11.3 Å². The van der Waals surface area contributed by atoms with E-state index in [2.05, 4.69) is 4.99 Å². The first kappa shape index (κ1) is 13.3. The van der Waals surface area contributed by atoms with Gasteiger partial charge in [0.05, 0.1) is 10.6 Å². The predicted molar refractivity (Wildman–Crippen MR) is 87.9 cm³/mol. The summed E-state index contributed by atoms with van der Waals surface area (Å²) in [7, 11) is 0. The number of hydrogen-bond donors (Lipinski definition) is 2. The molecule has 0 aliphatic rings. The maximum atomic E-state index is 12.4. The van der Waals surface area contributed by atoms with Crippen molar-refractivity contribution in [2.45, 2.75) is 0 Å². The van der Waals surface area contributed by atoms with Gasteiger partial charge in [-0.25, -0.2) is 0 Å². The van der Waals surface area contributed by atoms with Crippen molar-refractivity contribution in [3.8, 4) is 5.75 Å². The second kappa shape index (κ2) is 5.38. The highest BCUT2D eigenvalue weighted by Gasteiger charge is 2.08. The molecular formula is C16H12N2O2S. The van der Waals surface area contributed by atoms with E-state index in [1.54, 1.807) is 24.3 Å². The van der Waals surface area contributed by atoms with Gasteiger partial charge in [-0.05, 0) is 24.3 Å². The first-order valence-corrected chi connectivity index (χ1v) is 7.12. The molecule has 21 heavy (non-hydrogen) atoms. The average molecular weight is 296 g/mol. The van der Waals surface area contributed by atoms with Crippen LogP contribution in [0.25, 0.3) is 10.1 Å². The highest BCUT2D eigenvalue weighted by Crippen LogP contribution is 2.26. The summed E-state index contributed by atoms with van der Waals surface area (Å²) in [6.45, 7) is 0. The highest BCUT2D eigenvalue weighted by atomic mass is 32.1. The van der Waals surface area contributed by atoms with Crippen molar-refractivity contribution in [1.82, 2.24) is 0 Å². The maximum absolute atomic E-state index is 12.4. The molecule has 1 heterocycles. The molecule has 0 atom stereocenters. The van der Waals surface area contributed by atoms with E-state index >= 15 is 0 Å². The van der Waals surface area contributed by atoms with Crippen LogP contribution in [0.1, 0.15) is 5.56 Å². The minimum absolute atomic E-state index is 0.0595. The Kier molecular flexibility index (Phi) is 3.41. The summed E-state index contributed by atoms with van der Waals surface area (Å²) in [5.41, 5.74) is 6.55. The molecule has 0 amide bonds. The zero-order valence-electron chi connectivity index (χ0n) is 11.0. The van der Waals surface area contributed by atoms with Gasteiger partial charge in [-0.15, -0.1) is 11.3 Å².